The molecule has 0 aliphatic rings. The molecule has 0 radical (unpaired) electrons. The summed E-state index contributed by atoms with van der Waals surface area (Å²) in [5.74, 6) is 0.613. The summed E-state index contributed by atoms with van der Waals surface area (Å²) < 4.78 is 7.29. The average Bonchev–Trinajstić information content (AvgIpc) is 3.29. The Hall–Kier alpha value is -3.32. The largest absolute Gasteiger partial charge is 0.497 e. The van der Waals surface area contributed by atoms with Crippen LogP contribution in [0.25, 0.3) is 15.8 Å². The van der Waals surface area contributed by atoms with Gasteiger partial charge in [0.15, 0.2) is 0 Å². The monoisotopic (exact) mass is 564 g/mol. The summed E-state index contributed by atoms with van der Waals surface area (Å²) in [6, 6.07) is 23.1. The number of halogens is 1. The van der Waals surface area contributed by atoms with E-state index < -0.39 is 0 Å². The number of nitriles is 1. The van der Waals surface area contributed by atoms with Crippen LogP contribution in [0.2, 0.25) is 0 Å². The van der Waals surface area contributed by atoms with Gasteiger partial charge in [-0.25, -0.2) is 4.98 Å². The van der Waals surface area contributed by atoms with Crippen molar-refractivity contribution in [2.24, 2.45) is 0 Å². The lowest BCUT2D eigenvalue weighted by molar-refractivity contribution is -0.113. The fourth-order valence-electron chi connectivity index (χ4n) is 3.23. The second kappa shape index (κ2) is 11.4. The van der Waals surface area contributed by atoms with Gasteiger partial charge >= 0.3 is 0 Å². The van der Waals surface area contributed by atoms with E-state index in [1.165, 1.54) is 23.1 Å². The molecular weight excluding hydrogens is 544 g/mol. The van der Waals surface area contributed by atoms with E-state index in [9.17, 15) is 10.1 Å². The standard InChI is InChI=1S/C26H21BrN4O2S2/c1-16-12-18(10-11-21(16)27)29-24(32)15-34-25(30-17-6-5-7-19(13-17)33-2)20(14-28)26-31-22-8-3-4-9-23(22)35-26/h3-13,30H,15H2,1-2H3,(H,29,32). The number of amides is 1. The minimum Gasteiger partial charge on any atom is -0.497 e. The van der Waals surface area contributed by atoms with Gasteiger partial charge in [0.25, 0.3) is 0 Å². The molecule has 0 aliphatic heterocycles. The van der Waals surface area contributed by atoms with Crippen LogP contribution in [0.1, 0.15) is 10.6 Å². The molecule has 0 saturated carbocycles. The lowest BCUT2D eigenvalue weighted by Gasteiger charge is -2.13. The minimum atomic E-state index is -0.178. The molecule has 0 fully saturated rings. The summed E-state index contributed by atoms with van der Waals surface area (Å²) in [6.07, 6.45) is 0. The number of thiazole rings is 1. The van der Waals surface area contributed by atoms with Crippen molar-refractivity contribution in [2.45, 2.75) is 6.92 Å². The molecule has 3 aromatic carbocycles. The van der Waals surface area contributed by atoms with Gasteiger partial charge in [0.1, 0.15) is 22.4 Å². The van der Waals surface area contributed by atoms with Crippen LogP contribution in [-0.2, 0) is 4.79 Å². The van der Waals surface area contributed by atoms with Gasteiger partial charge in [-0.3, -0.25) is 4.79 Å². The number of fused-ring (bicyclic) bond motifs is 1. The number of ether oxygens (including phenoxy) is 1. The maximum absolute atomic E-state index is 12.7. The van der Waals surface area contributed by atoms with Gasteiger partial charge in [-0.05, 0) is 55.0 Å². The highest BCUT2D eigenvalue weighted by Crippen LogP contribution is 2.33. The Bertz CT molecular complexity index is 1430. The van der Waals surface area contributed by atoms with Crippen LogP contribution >= 0.6 is 39.0 Å². The van der Waals surface area contributed by atoms with E-state index in [0.717, 1.165) is 25.9 Å². The number of hydrogen-bond acceptors (Lipinski definition) is 7. The quantitative estimate of drug-likeness (QED) is 0.223. The Morgan fingerprint density at radius 1 is 1.11 bits per heavy atom. The molecule has 9 heteroatoms. The zero-order valence-electron chi connectivity index (χ0n) is 19.0. The fraction of sp³-hybridized carbons (Fsp3) is 0.115. The summed E-state index contributed by atoms with van der Waals surface area (Å²) in [5.41, 5.74) is 3.69. The van der Waals surface area contributed by atoms with Gasteiger partial charge < -0.3 is 15.4 Å². The molecule has 1 heterocycles. The summed E-state index contributed by atoms with van der Waals surface area (Å²) >= 11 is 6.16. The number of para-hydroxylation sites is 1. The first-order chi connectivity index (χ1) is 17.0. The van der Waals surface area contributed by atoms with Gasteiger partial charge in [-0.1, -0.05) is 45.9 Å². The number of carbonyl (C=O) groups excluding carboxylic acids is 1. The van der Waals surface area contributed by atoms with Crippen LogP contribution in [0, 0.1) is 18.3 Å². The number of nitrogens with one attached hydrogen (secondary N) is 2. The van der Waals surface area contributed by atoms with Gasteiger partial charge in [-0.2, -0.15) is 5.26 Å². The number of aromatic nitrogens is 1. The first kappa shape index (κ1) is 24.8. The number of anilines is 2. The minimum absolute atomic E-state index is 0.109. The maximum Gasteiger partial charge on any atom is 0.234 e. The molecule has 176 valence electrons. The van der Waals surface area contributed by atoms with Crippen molar-refractivity contribution >= 4 is 72.1 Å². The van der Waals surface area contributed by atoms with Crippen LogP contribution < -0.4 is 15.4 Å². The number of nitrogens with zero attached hydrogens (tertiary/aromatic N) is 2. The van der Waals surface area contributed by atoms with Crippen molar-refractivity contribution in [1.29, 1.82) is 5.26 Å². The zero-order valence-corrected chi connectivity index (χ0v) is 22.2. The molecule has 35 heavy (non-hydrogen) atoms. The highest BCUT2D eigenvalue weighted by atomic mass is 79.9. The number of aryl methyl sites for hydroxylation is 1. The number of thioether (sulfide) groups is 1. The highest BCUT2D eigenvalue weighted by Gasteiger charge is 2.17. The summed E-state index contributed by atoms with van der Waals surface area (Å²) in [7, 11) is 1.60. The van der Waals surface area contributed by atoms with Crippen LogP contribution in [-0.4, -0.2) is 23.8 Å². The van der Waals surface area contributed by atoms with Gasteiger partial charge in [0.05, 0.1) is 28.1 Å². The SMILES string of the molecule is COc1cccc(NC(SCC(=O)Nc2ccc(Br)c(C)c2)=C(C#N)c2nc3ccccc3s2)c1. The summed E-state index contributed by atoms with van der Waals surface area (Å²) in [5, 5.41) is 17.4. The van der Waals surface area contributed by atoms with Crippen LogP contribution in [0.4, 0.5) is 11.4 Å². The molecule has 0 bridgehead atoms. The molecule has 0 atom stereocenters. The first-order valence-electron chi connectivity index (χ1n) is 10.6. The predicted octanol–water partition coefficient (Wildman–Crippen LogP) is 7.05. The highest BCUT2D eigenvalue weighted by molar-refractivity contribution is 9.10. The van der Waals surface area contributed by atoms with Crippen LogP contribution in [0.3, 0.4) is 0 Å². The van der Waals surface area contributed by atoms with E-state index in [2.05, 4.69) is 37.6 Å². The lowest BCUT2D eigenvalue weighted by Crippen LogP contribution is -2.15. The Morgan fingerprint density at radius 3 is 2.66 bits per heavy atom. The molecule has 1 amide bonds. The lowest BCUT2D eigenvalue weighted by atomic mass is 10.2. The maximum atomic E-state index is 12.7. The molecule has 1 aromatic heterocycles. The average molecular weight is 566 g/mol. The third kappa shape index (κ3) is 6.22. The molecule has 4 rings (SSSR count). The smallest absolute Gasteiger partial charge is 0.234 e. The van der Waals surface area contributed by atoms with E-state index >= 15 is 0 Å². The molecule has 0 spiro atoms. The molecule has 2 N–H and O–H groups in total. The number of allylic oxidation sites excluding steroid dienone is 1. The summed E-state index contributed by atoms with van der Waals surface area (Å²) in [6.45, 7) is 1.96. The zero-order chi connectivity index (χ0) is 24.8. The Kier molecular flexibility index (Phi) is 8.08. The fourth-order valence-corrected chi connectivity index (χ4v) is 5.34. The molecule has 0 unspecified atom stereocenters. The van der Waals surface area contributed by atoms with Gasteiger partial charge in [-0.15, -0.1) is 11.3 Å². The summed E-state index contributed by atoms with van der Waals surface area (Å²) in [4.78, 5) is 17.4. The number of methoxy groups -OCH3 is 1. The van der Waals surface area contributed by atoms with Crippen LogP contribution in [0.5, 0.6) is 5.75 Å². The third-order valence-corrected chi connectivity index (χ3v) is 7.91. The van der Waals surface area contributed by atoms with Crippen molar-refractivity contribution in [3.63, 3.8) is 0 Å². The van der Waals surface area contributed by atoms with E-state index in [1.54, 1.807) is 7.11 Å². The van der Waals surface area contributed by atoms with Crippen molar-refractivity contribution in [3.05, 3.63) is 86.8 Å². The van der Waals surface area contributed by atoms with Crippen molar-refractivity contribution in [2.75, 3.05) is 23.5 Å². The van der Waals surface area contributed by atoms with Crippen molar-refractivity contribution < 1.29 is 9.53 Å². The molecular formula is C26H21BrN4O2S2. The van der Waals surface area contributed by atoms with E-state index in [-0.39, 0.29) is 11.7 Å². The van der Waals surface area contributed by atoms with E-state index in [1.807, 2.05) is 73.7 Å². The third-order valence-electron chi connectivity index (χ3n) is 4.96. The topological polar surface area (TPSA) is 87.0 Å². The van der Waals surface area contributed by atoms with E-state index in [4.69, 9.17) is 4.74 Å². The molecule has 0 aliphatic carbocycles. The van der Waals surface area contributed by atoms with Crippen molar-refractivity contribution in [3.8, 4) is 11.8 Å². The second-order valence-corrected chi connectivity index (χ2v) is 10.3. The Labute approximate surface area is 220 Å². The van der Waals surface area contributed by atoms with E-state index in [0.29, 0.717) is 27.0 Å². The molecule has 6 nitrogen and oxygen atoms in total. The predicted molar refractivity (Wildman–Crippen MR) is 149 cm³/mol. The number of hydrogen-bond donors (Lipinski definition) is 2. The van der Waals surface area contributed by atoms with Crippen molar-refractivity contribution in [1.82, 2.24) is 4.98 Å². The van der Waals surface area contributed by atoms with Gasteiger partial charge in [0.2, 0.25) is 5.91 Å². The van der Waals surface area contributed by atoms with Gasteiger partial charge in [0, 0.05) is 21.9 Å². The normalized spacial score (nSPS) is 11.5. The molecule has 0 saturated heterocycles. The number of rotatable bonds is 8. The van der Waals surface area contributed by atoms with Crippen LogP contribution in [0.15, 0.2) is 76.2 Å². The Morgan fingerprint density at radius 2 is 1.91 bits per heavy atom. The molecule has 4 aromatic rings. The number of carbonyl (C=O) groups is 1. The first-order valence-corrected chi connectivity index (χ1v) is 13.2. The Balaban J connectivity index is 1.62. The second-order valence-electron chi connectivity index (χ2n) is 7.46. The number of benzene rings is 3.